The van der Waals surface area contributed by atoms with E-state index in [4.69, 9.17) is 12.2 Å². The van der Waals surface area contributed by atoms with Crippen LogP contribution in [0.15, 0.2) is 34.2 Å². The Kier molecular flexibility index (Phi) is 6.46. The Balaban J connectivity index is 1.90. The first-order valence-electron chi connectivity index (χ1n) is 8.62. The lowest BCUT2D eigenvalue weighted by Crippen LogP contribution is -2.26. The van der Waals surface area contributed by atoms with Gasteiger partial charge in [-0.1, -0.05) is 54.1 Å². The molecule has 0 bridgehead atoms. The molecule has 2 N–H and O–H groups in total. The minimum absolute atomic E-state index is 0.0723. The van der Waals surface area contributed by atoms with Crippen LogP contribution in [0.4, 0.5) is 0 Å². The smallest absolute Gasteiger partial charge is 0.271 e. The number of nitrogens with one attached hydrogen (secondary N) is 2. The normalized spacial score (nSPS) is 11.0. The first-order chi connectivity index (χ1) is 13.0. The van der Waals surface area contributed by atoms with Gasteiger partial charge in [0.1, 0.15) is 4.70 Å². The number of hydrogen-bond acceptors (Lipinski definition) is 6. The molecule has 27 heavy (non-hydrogen) atoms. The molecule has 3 aromatic rings. The maximum Gasteiger partial charge on any atom is 0.271 e. The highest BCUT2D eigenvalue weighted by Crippen LogP contribution is 2.24. The van der Waals surface area contributed by atoms with E-state index in [9.17, 15) is 9.59 Å². The second kappa shape index (κ2) is 8.81. The number of benzene rings is 1. The van der Waals surface area contributed by atoms with E-state index in [1.807, 2.05) is 31.2 Å². The second-order valence-electron chi connectivity index (χ2n) is 6.05. The maximum atomic E-state index is 12.4. The zero-order valence-electron chi connectivity index (χ0n) is 15.1. The number of rotatable bonds is 7. The third-order valence-corrected chi connectivity index (χ3v) is 6.14. The standard InChI is InChI=1S/C18H20N4O2S3/c1-3-4-9-19-13(23)10-26-17-20-15-14(16(24)21-17)27-18(25)22(15)12-7-5-11(2)6-8-12/h5-8H,3-4,9-10H2,1-2H3,(H,19,23)(H,20,21,24). The molecular weight excluding hydrogens is 400 g/mol. The van der Waals surface area contributed by atoms with Crippen LogP contribution in [0.25, 0.3) is 16.0 Å². The molecule has 9 heteroatoms. The van der Waals surface area contributed by atoms with Gasteiger partial charge in [-0.25, -0.2) is 4.98 Å². The van der Waals surface area contributed by atoms with E-state index in [2.05, 4.69) is 22.2 Å². The number of carbonyl (C=O) groups excluding carboxylic acids is 1. The number of H-pyrrole nitrogens is 1. The van der Waals surface area contributed by atoms with Crippen LogP contribution in [0.1, 0.15) is 25.3 Å². The zero-order valence-corrected chi connectivity index (χ0v) is 17.5. The highest BCUT2D eigenvalue weighted by atomic mass is 32.2. The number of thioether (sulfide) groups is 1. The van der Waals surface area contributed by atoms with Crippen LogP contribution in [0.5, 0.6) is 0 Å². The molecule has 2 heterocycles. The number of unbranched alkanes of at least 4 members (excludes halogenated alkanes) is 1. The number of aryl methyl sites for hydroxylation is 1. The van der Waals surface area contributed by atoms with Gasteiger partial charge in [0.15, 0.2) is 14.8 Å². The third kappa shape index (κ3) is 4.66. The summed E-state index contributed by atoms with van der Waals surface area (Å²) < 4.78 is 2.85. The van der Waals surface area contributed by atoms with Crippen molar-refractivity contribution in [3.05, 3.63) is 44.1 Å². The molecule has 6 nitrogen and oxygen atoms in total. The number of aromatic nitrogens is 3. The molecule has 2 aromatic heterocycles. The van der Waals surface area contributed by atoms with E-state index in [1.54, 1.807) is 4.57 Å². The summed E-state index contributed by atoms with van der Waals surface area (Å²) in [7, 11) is 0. The predicted octanol–water partition coefficient (Wildman–Crippen LogP) is 3.82. The Morgan fingerprint density at radius 3 is 2.81 bits per heavy atom. The van der Waals surface area contributed by atoms with Gasteiger partial charge < -0.3 is 10.3 Å². The molecule has 0 saturated carbocycles. The second-order valence-corrected chi connectivity index (χ2v) is 8.66. The molecule has 0 unspecified atom stereocenters. The monoisotopic (exact) mass is 420 g/mol. The average molecular weight is 421 g/mol. The van der Waals surface area contributed by atoms with Crippen LogP contribution in [0.3, 0.4) is 0 Å². The van der Waals surface area contributed by atoms with Crippen molar-refractivity contribution >= 4 is 51.6 Å². The quantitative estimate of drug-likeness (QED) is 0.263. The number of nitrogens with zero attached hydrogens (tertiary/aromatic N) is 2. The average Bonchev–Trinajstić information content (AvgIpc) is 2.98. The predicted molar refractivity (Wildman–Crippen MR) is 114 cm³/mol. The van der Waals surface area contributed by atoms with Gasteiger partial charge in [0.25, 0.3) is 5.56 Å². The fraction of sp³-hybridized carbons (Fsp3) is 0.333. The van der Waals surface area contributed by atoms with Crippen LogP contribution in [-0.4, -0.2) is 32.7 Å². The number of thiazole rings is 1. The lowest BCUT2D eigenvalue weighted by Gasteiger charge is -2.06. The van der Waals surface area contributed by atoms with Crippen molar-refractivity contribution in [3.63, 3.8) is 0 Å². The van der Waals surface area contributed by atoms with Crippen molar-refractivity contribution in [2.75, 3.05) is 12.3 Å². The first-order valence-corrected chi connectivity index (χ1v) is 10.8. The summed E-state index contributed by atoms with van der Waals surface area (Å²) >= 11 is 7.90. The number of aromatic amines is 1. The maximum absolute atomic E-state index is 12.4. The van der Waals surface area contributed by atoms with Crippen LogP contribution in [0.2, 0.25) is 0 Å². The van der Waals surface area contributed by atoms with Gasteiger partial charge in [0.05, 0.1) is 5.75 Å². The molecule has 142 valence electrons. The van der Waals surface area contributed by atoms with Crippen LogP contribution in [-0.2, 0) is 4.79 Å². The summed E-state index contributed by atoms with van der Waals surface area (Å²) in [4.78, 5) is 31.6. The Bertz CT molecular complexity index is 1070. The number of amides is 1. The summed E-state index contributed by atoms with van der Waals surface area (Å²) in [6.07, 6.45) is 1.98. The van der Waals surface area contributed by atoms with Crippen LogP contribution < -0.4 is 10.9 Å². The van der Waals surface area contributed by atoms with Gasteiger partial charge in [-0.15, -0.1) is 0 Å². The van der Waals surface area contributed by atoms with Crippen molar-refractivity contribution in [2.45, 2.75) is 31.8 Å². The van der Waals surface area contributed by atoms with Crippen molar-refractivity contribution < 1.29 is 4.79 Å². The summed E-state index contributed by atoms with van der Waals surface area (Å²) in [6, 6.07) is 7.89. The Hall–Kier alpha value is -1.97. The van der Waals surface area contributed by atoms with Crippen molar-refractivity contribution in [2.24, 2.45) is 0 Å². The highest BCUT2D eigenvalue weighted by Gasteiger charge is 2.14. The SMILES string of the molecule is CCCCNC(=O)CSc1nc2c(sc(=S)n2-c2ccc(C)cc2)c(=O)[nH]1. The van der Waals surface area contributed by atoms with Crippen molar-refractivity contribution in [3.8, 4) is 5.69 Å². The van der Waals surface area contributed by atoms with Gasteiger partial charge in [0.2, 0.25) is 5.91 Å². The van der Waals surface area contributed by atoms with Gasteiger partial charge in [-0.2, -0.15) is 0 Å². The summed E-state index contributed by atoms with van der Waals surface area (Å²) in [5.74, 6) is 0.130. The molecule has 0 aliphatic heterocycles. The fourth-order valence-electron chi connectivity index (χ4n) is 2.47. The van der Waals surface area contributed by atoms with Gasteiger partial charge in [-0.05, 0) is 37.7 Å². The summed E-state index contributed by atoms with van der Waals surface area (Å²) in [5.41, 5.74) is 2.28. The van der Waals surface area contributed by atoms with E-state index >= 15 is 0 Å². The Morgan fingerprint density at radius 1 is 1.37 bits per heavy atom. The molecule has 0 aliphatic rings. The van der Waals surface area contributed by atoms with E-state index in [1.165, 1.54) is 23.1 Å². The molecule has 1 aromatic carbocycles. The van der Waals surface area contributed by atoms with Gasteiger partial charge in [0, 0.05) is 12.2 Å². The molecule has 0 fully saturated rings. The number of hydrogen-bond donors (Lipinski definition) is 2. The Morgan fingerprint density at radius 2 is 2.11 bits per heavy atom. The first kappa shape index (κ1) is 19.8. The van der Waals surface area contributed by atoms with Gasteiger partial charge >= 0.3 is 0 Å². The van der Waals surface area contributed by atoms with Crippen molar-refractivity contribution in [1.82, 2.24) is 19.9 Å². The minimum atomic E-state index is -0.240. The fourth-order valence-corrected chi connectivity index (χ4v) is 4.43. The van der Waals surface area contributed by atoms with Crippen LogP contribution in [0, 0.1) is 10.9 Å². The number of fused-ring (bicyclic) bond motifs is 1. The highest BCUT2D eigenvalue weighted by molar-refractivity contribution is 7.99. The van der Waals surface area contributed by atoms with E-state index < -0.39 is 0 Å². The summed E-state index contributed by atoms with van der Waals surface area (Å²) in [6.45, 7) is 4.75. The molecule has 0 radical (unpaired) electrons. The molecule has 0 aliphatic carbocycles. The summed E-state index contributed by atoms with van der Waals surface area (Å²) in [5, 5.41) is 3.26. The largest absolute Gasteiger partial charge is 0.355 e. The lowest BCUT2D eigenvalue weighted by atomic mass is 10.2. The molecule has 0 spiro atoms. The molecule has 1 amide bonds. The molecule has 0 saturated heterocycles. The molecular formula is C18H20N4O2S3. The van der Waals surface area contributed by atoms with E-state index in [0.29, 0.717) is 26.0 Å². The number of carbonyl (C=O) groups is 1. The Labute approximate surface area is 170 Å². The van der Waals surface area contributed by atoms with Gasteiger partial charge in [-0.3, -0.25) is 14.2 Å². The van der Waals surface area contributed by atoms with Crippen molar-refractivity contribution in [1.29, 1.82) is 0 Å². The minimum Gasteiger partial charge on any atom is -0.355 e. The topological polar surface area (TPSA) is 79.8 Å². The third-order valence-electron chi connectivity index (χ3n) is 3.91. The van der Waals surface area contributed by atoms with E-state index in [0.717, 1.165) is 24.1 Å². The molecule has 0 atom stereocenters. The van der Waals surface area contributed by atoms with E-state index in [-0.39, 0.29) is 17.2 Å². The zero-order chi connectivity index (χ0) is 19.4. The lowest BCUT2D eigenvalue weighted by molar-refractivity contribution is -0.118. The van der Waals surface area contributed by atoms with Crippen LogP contribution >= 0.6 is 35.3 Å². The molecule has 3 rings (SSSR count).